The van der Waals surface area contributed by atoms with Crippen LogP contribution in [0.3, 0.4) is 0 Å². The number of hydrogen-bond donors (Lipinski definition) is 1. The smallest absolute Gasteiger partial charge is 0.295 e. The van der Waals surface area contributed by atoms with Crippen LogP contribution in [0, 0.1) is 0 Å². The summed E-state index contributed by atoms with van der Waals surface area (Å²) >= 11 is 0. The number of amides is 1. The molecule has 1 N–H and O–H groups in total. The van der Waals surface area contributed by atoms with Crippen LogP contribution >= 0.6 is 0 Å². The number of nitrogens with zero attached hydrogens (tertiary/aromatic N) is 1. The van der Waals surface area contributed by atoms with E-state index in [1.54, 1.807) is 36.3 Å². The molecule has 0 spiro atoms. The highest BCUT2D eigenvalue weighted by molar-refractivity contribution is 6.46. The number of carbonyl (C=O) groups excluding carboxylic acids is 2. The number of ketones is 1. The normalized spacial score (nSPS) is 17.3. The van der Waals surface area contributed by atoms with Crippen LogP contribution in [-0.4, -0.2) is 56.5 Å². The molecule has 1 saturated heterocycles. The molecule has 0 saturated carbocycles. The van der Waals surface area contributed by atoms with Gasteiger partial charge in [0.25, 0.3) is 5.91 Å². The fourth-order valence-electron chi connectivity index (χ4n) is 4.44. The standard InChI is InChI=1S/C28H36N2O5/c1-5-18-35-23-11-8-10-21(19-23)25-24(26(31)20-12-14-22(34-4)15-13-20)27(32)28(33)30(25)17-9-16-29(6-2)7-3/h8,10-15,19,25,31H,5-7,9,16-18H2,1-4H3. The highest BCUT2D eigenvalue weighted by Gasteiger charge is 2.44. The third-order valence-corrected chi connectivity index (χ3v) is 6.46. The average Bonchev–Trinajstić information content (AvgIpc) is 3.14. The summed E-state index contributed by atoms with van der Waals surface area (Å²) in [5, 5.41) is 13.6. The maximum absolute atomic E-state index is 13.6. The summed E-state index contributed by atoms with van der Waals surface area (Å²) in [4.78, 5) is 29.3. The highest BCUT2D eigenvalue weighted by atomic mass is 16.5. The number of Topliss-reactive ketones (excluding diaryl/α,β-unsaturated/α-hetero) is 1. The van der Waals surface area contributed by atoms with Gasteiger partial charge in [-0.15, -0.1) is 0 Å². The topological polar surface area (TPSA) is 83.3 Å². The number of quaternary nitrogens is 1. The summed E-state index contributed by atoms with van der Waals surface area (Å²) in [6, 6.07) is 13.2. The Labute approximate surface area is 207 Å². The second-order valence-electron chi connectivity index (χ2n) is 8.68. The van der Waals surface area contributed by atoms with E-state index >= 15 is 0 Å². The first-order valence-corrected chi connectivity index (χ1v) is 12.4. The van der Waals surface area contributed by atoms with E-state index in [1.165, 1.54) is 4.90 Å². The molecule has 7 heteroatoms. The first-order valence-electron chi connectivity index (χ1n) is 12.4. The summed E-state index contributed by atoms with van der Waals surface area (Å²) in [5.41, 5.74) is 1.03. The van der Waals surface area contributed by atoms with Crippen molar-refractivity contribution in [3.8, 4) is 11.5 Å². The Morgan fingerprint density at radius 3 is 2.37 bits per heavy atom. The van der Waals surface area contributed by atoms with Crippen LogP contribution in [0.1, 0.15) is 50.8 Å². The Morgan fingerprint density at radius 1 is 1.03 bits per heavy atom. The number of likely N-dealkylation sites (tertiary alicyclic amines) is 1. The lowest BCUT2D eigenvalue weighted by Crippen LogP contribution is -3.11. The second kappa shape index (κ2) is 12.4. The lowest BCUT2D eigenvalue weighted by molar-refractivity contribution is -0.896. The lowest BCUT2D eigenvalue weighted by Gasteiger charge is -2.28. The summed E-state index contributed by atoms with van der Waals surface area (Å²) in [5.74, 6) is -0.530. The van der Waals surface area contributed by atoms with Gasteiger partial charge in [0, 0.05) is 18.5 Å². The van der Waals surface area contributed by atoms with E-state index in [4.69, 9.17) is 9.47 Å². The Balaban J connectivity index is 2.03. The van der Waals surface area contributed by atoms with Crippen LogP contribution in [0.15, 0.2) is 54.1 Å². The van der Waals surface area contributed by atoms with E-state index in [2.05, 4.69) is 13.8 Å². The van der Waals surface area contributed by atoms with Crippen molar-refractivity contribution in [1.82, 2.24) is 4.90 Å². The Kier molecular flexibility index (Phi) is 9.32. The molecule has 0 bridgehead atoms. The molecule has 3 rings (SSSR count). The zero-order chi connectivity index (χ0) is 25.4. The molecule has 0 aliphatic carbocycles. The van der Waals surface area contributed by atoms with Crippen LogP contribution < -0.4 is 19.5 Å². The van der Waals surface area contributed by atoms with Gasteiger partial charge in [-0.05, 0) is 55.7 Å². The number of methoxy groups -OCH3 is 1. The minimum atomic E-state index is -0.749. The Bertz CT molecular complexity index is 1040. The van der Waals surface area contributed by atoms with E-state index in [9.17, 15) is 14.7 Å². The maximum Gasteiger partial charge on any atom is 0.295 e. The zero-order valence-corrected chi connectivity index (χ0v) is 21.1. The number of hydrogen-bond acceptors (Lipinski definition) is 5. The molecule has 2 aromatic rings. The molecule has 1 atom stereocenters. The molecular weight excluding hydrogens is 444 g/mol. The Hall–Kier alpha value is -3.32. The van der Waals surface area contributed by atoms with E-state index < -0.39 is 23.5 Å². The van der Waals surface area contributed by atoms with Crippen LogP contribution in [0.25, 0.3) is 5.76 Å². The van der Waals surface area contributed by atoms with Gasteiger partial charge in [0.05, 0.1) is 39.4 Å². The van der Waals surface area contributed by atoms with E-state index in [0.717, 1.165) is 32.5 Å². The van der Waals surface area contributed by atoms with Gasteiger partial charge < -0.3 is 24.4 Å². The molecule has 0 radical (unpaired) electrons. The van der Waals surface area contributed by atoms with Crippen molar-refractivity contribution in [2.45, 2.75) is 39.7 Å². The van der Waals surface area contributed by atoms with Crippen LogP contribution in [-0.2, 0) is 9.59 Å². The lowest BCUT2D eigenvalue weighted by atomic mass is 9.95. The van der Waals surface area contributed by atoms with Gasteiger partial charge in [-0.25, -0.2) is 0 Å². The maximum atomic E-state index is 13.6. The monoisotopic (exact) mass is 480 g/mol. The van der Waals surface area contributed by atoms with Gasteiger partial charge in [-0.1, -0.05) is 36.9 Å². The predicted octanol–water partition coefficient (Wildman–Crippen LogP) is 2.02. The number of carbonyl (C=O) groups is 2. The number of rotatable bonds is 12. The molecule has 7 nitrogen and oxygen atoms in total. The van der Waals surface area contributed by atoms with Crippen molar-refractivity contribution in [2.24, 2.45) is 0 Å². The van der Waals surface area contributed by atoms with Crippen molar-refractivity contribution < 1.29 is 29.1 Å². The van der Waals surface area contributed by atoms with Crippen molar-refractivity contribution in [3.05, 3.63) is 65.2 Å². The number of nitrogens with one attached hydrogen (secondary N) is 1. The predicted molar refractivity (Wildman–Crippen MR) is 133 cm³/mol. The molecule has 188 valence electrons. The van der Waals surface area contributed by atoms with Crippen molar-refractivity contribution in [2.75, 3.05) is 39.9 Å². The molecule has 1 heterocycles. The third kappa shape index (κ3) is 6.03. The van der Waals surface area contributed by atoms with Crippen LogP contribution in [0.2, 0.25) is 0 Å². The largest absolute Gasteiger partial charge is 0.872 e. The van der Waals surface area contributed by atoms with Gasteiger partial charge >= 0.3 is 0 Å². The average molecular weight is 481 g/mol. The van der Waals surface area contributed by atoms with E-state index in [-0.39, 0.29) is 5.57 Å². The first kappa shape index (κ1) is 26.3. The summed E-state index contributed by atoms with van der Waals surface area (Å²) in [7, 11) is 1.55. The van der Waals surface area contributed by atoms with E-state index in [1.807, 2.05) is 31.2 Å². The summed E-state index contributed by atoms with van der Waals surface area (Å²) in [6.45, 7) is 10.1. The van der Waals surface area contributed by atoms with Gasteiger partial charge in [0.1, 0.15) is 11.5 Å². The van der Waals surface area contributed by atoms with Gasteiger partial charge in [-0.2, -0.15) is 0 Å². The SMILES string of the molecule is CCCOc1cccc(C2C(=C([O-])c3ccc(OC)cc3)C(=O)C(=O)N2CCC[NH+](CC)CC)c1. The first-order chi connectivity index (χ1) is 16.9. The highest BCUT2D eigenvalue weighted by Crippen LogP contribution is 2.39. The van der Waals surface area contributed by atoms with Crippen molar-refractivity contribution >= 4 is 17.4 Å². The van der Waals surface area contributed by atoms with Crippen molar-refractivity contribution in [1.29, 1.82) is 0 Å². The van der Waals surface area contributed by atoms with E-state index in [0.29, 0.717) is 35.8 Å². The van der Waals surface area contributed by atoms with Gasteiger partial charge in [0.15, 0.2) is 0 Å². The molecule has 1 aliphatic heterocycles. The van der Waals surface area contributed by atoms with Crippen LogP contribution in [0.4, 0.5) is 0 Å². The fourth-order valence-corrected chi connectivity index (χ4v) is 4.44. The number of benzene rings is 2. The number of ether oxygens (including phenoxy) is 2. The van der Waals surface area contributed by atoms with Gasteiger partial charge in [-0.3, -0.25) is 9.59 Å². The molecule has 1 unspecified atom stereocenters. The minimum Gasteiger partial charge on any atom is -0.872 e. The minimum absolute atomic E-state index is 0.0111. The molecule has 0 aromatic heterocycles. The third-order valence-electron chi connectivity index (χ3n) is 6.46. The second-order valence-corrected chi connectivity index (χ2v) is 8.68. The quantitative estimate of drug-likeness (QED) is 0.286. The van der Waals surface area contributed by atoms with Crippen LogP contribution in [0.5, 0.6) is 11.5 Å². The Morgan fingerprint density at radius 2 is 1.74 bits per heavy atom. The van der Waals surface area contributed by atoms with Gasteiger partial charge in [0.2, 0.25) is 5.78 Å². The molecule has 1 amide bonds. The van der Waals surface area contributed by atoms with Crippen molar-refractivity contribution in [3.63, 3.8) is 0 Å². The molecule has 2 aromatic carbocycles. The molecule has 1 aliphatic rings. The fraction of sp³-hybridized carbons (Fsp3) is 0.429. The summed E-state index contributed by atoms with van der Waals surface area (Å²) < 4.78 is 11.0. The summed E-state index contributed by atoms with van der Waals surface area (Å²) in [6.07, 6.45) is 1.60. The zero-order valence-electron chi connectivity index (χ0n) is 21.1. The molecule has 35 heavy (non-hydrogen) atoms. The molecular formula is C28H36N2O5. The molecule has 1 fully saturated rings.